The number of rotatable bonds is 5. The van der Waals surface area contributed by atoms with Crippen LogP contribution in [0.15, 0.2) is 41.3 Å². The predicted octanol–water partition coefficient (Wildman–Crippen LogP) is 4.55. The van der Waals surface area contributed by atoms with E-state index >= 15 is 0 Å². The Hall–Kier alpha value is -1.69. The number of hydrogen-bond donors (Lipinski definition) is 2. The molecule has 0 aromatic heterocycles. The van der Waals surface area contributed by atoms with Gasteiger partial charge in [-0.25, -0.2) is 0 Å². The van der Waals surface area contributed by atoms with Crippen LogP contribution in [0.25, 0.3) is 0 Å². The third-order valence-corrected chi connectivity index (χ3v) is 5.12. The lowest BCUT2D eigenvalue weighted by molar-refractivity contribution is -0.121. The Kier molecular flexibility index (Phi) is 7.17. The molecule has 2 aromatic rings. The van der Waals surface area contributed by atoms with Gasteiger partial charge in [-0.3, -0.25) is 20.4 Å². The minimum Gasteiger partial charge on any atom is -0.273 e. The van der Waals surface area contributed by atoms with E-state index in [1.807, 2.05) is 6.07 Å². The van der Waals surface area contributed by atoms with Crippen LogP contribution in [-0.2, 0) is 4.79 Å². The van der Waals surface area contributed by atoms with Crippen molar-refractivity contribution in [3.63, 3.8) is 0 Å². The number of hydrazine groups is 1. The number of carbonyl (C=O) groups excluding carboxylic acids is 2. The molecule has 25 heavy (non-hydrogen) atoms. The van der Waals surface area contributed by atoms with Crippen molar-refractivity contribution in [3.05, 3.63) is 63.1 Å². The maximum absolute atomic E-state index is 12.0. The molecule has 2 amide bonds. The molecular weight excluding hydrogens is 379 g/mol. The van der Waals surface area contributed by atoms with E-state index in [1.54, 1.807) is 17.8 Å². The van der Waals surface area contributed by atoms with Gasteiger partial charge >= 0.3 is 0 Å². The molecule has 0 atom stereocenters. The van der Waals surface area contributed by atoms with Gasteiger partial charge in [-0.1, -0.05) is 29.3 Å². The van der Waals surface area contributed by atoms with Crippen molar-refractivity contribution in [3.8, 4) is 0 Å². The molecule has 0 fully saturated rings. The lowest BCUT2D eigenvalue weighted by Gasteiger charge is -2.09. The highest BCUT2D eigenvalue weighted by atomic mass is 35.5. The van der Waals surface area contributed by atoms with E-state index in [-0.39, 0.29) is 22.9 Å². The van der Waals surface area contributed by atoms with Crippen molar-refractivity contribution >= 4 is 46.8 Å². The van der Waals surface area contributed by atoms with Gasteiger partial charge < -0.3 is 0 Å². The third-order valence-electron chi connectivity index (χ3n) is 3.56. The number of aryl methyl sites for hydroxylation is 2. The van der Waals surface area contributed by atoms with Gasteiger partial charge in [0.2, 0.25) is 5.91 Å². The largest absolute Gasteiger partial charge is 0.273 e. The fourth-order valence-corrected chi connectivity index (χ4v) is 3.32. The first kappa shape index (κ1) is 19.6. The van der Waals surface area contributed by atoms with E-state index in [0.717, 1.165) is 4.90 Å². The molecule has 0 saturated carbocycles. The smallest absolute Gasteiger partial charge is 0.271 e. The molecule has 0 heterocycles. The highest BCUT2D eigenvalue weighted by molar-refractivity contribution is 7.99. The number of halogens is 2. The predicted molar refractivity (Wildman–Crippen MR) is 103 cm³/mol. The summed E-state index contributed by atoms with van der Waals surface area (Å²) in [6, 6.07) is 10.8. The van der Waals surface area contributed by atoms with Gasteiger partial charge in [-0.15, -0.1) is 11.8 Å². The summed E-state index contributed by atoms with van der Waals surface area (Å²) in [5, 5.41) is 0.659. The molecular formula is C18H18Cl2N2O2S. The normalized spacial score (nSPS) is 10.4. The second kappa shape index (κ2) is 9.13. The van der Waals surface area contributed by atoms with Crippen molar-refractivity contribution < 1.29 is 9.59 Å². The molecule has 0 bridgehead atoms. The number of hydrogen-bond acceptors (Lipinski definition) is 3. The van der Waals surface area contributed by atoms with Crippen LogP contribution in [0.2, 0.25) is 10.0 Å². The first-order valence-electron chi connectivity index (χ1n) is 7.61. The number of benzene rings is 2. The molecule has 7 heteroatoms. The van der Waals surface area contributed by atoms with E-state index in [9.17, 15) is 9.59 Å². The summed E-state index contributed by atoms with van der Waals surface area (Å²) in [5.41, 5.74) is 7.39. The maximum atomic E-state index is 12.0. The summed E-state index contributed by atoms with van der Waals surface area (Å²) in [7, 11) is 0. The number of carbonyl (C=O) groups is 2. The van der Waals surface area contributed by atoms with Gasteiger partial charge in [-0.2, -0.15) is 0 Å². The minimum absolute atomic E-state index is 0.207. The Bertz CT molecular complexity index is 797. The topological polar surface area (TPSA) is 58.2 Å². The van der Waals surface area contributed by atoms with E-state index in [4.69, 9.17) is 23.2 Å². The SMILES string of the molecule is Cc1ccc(SCCC(=O)NNC(=O)c2cc(Cl)ccc2Cl)cc1C. The molecule has 2 aromatic carbocycles. The van der Waals surface area contributed by atoms with Crippen molar-refractivity contribution in [2.75, 3.05) is 5.75 Å². The summed E-state index contributed by atoms with van der Waals surface area (Å²) >= 11 is 13.4. The Morgan fingerprint density at radius 3 is 2.48 bits per heavy atom. The van der Waals surface area contributed by atoms with Crippen molar-refractivity contribution in [2.45, 2.75) is 25.2 Å². The fraction of sp³-hybridized carbons (Fsp3) is 0.222. The number of nitrogens with one attached hydrogen (secondary N) is 2. The van der Waals surface area contributed by atoms with Crippen LogP contribution in [0.1, 0.15) is 27.9 Å². The number of thioether (sulfide) groups is 1. The van der Waals surface area contributed by atoms with E-state index in [0.29, 0.717) is 10.8 Å². The zero-order valence-corrected chi connectivity index (χ0v) is 16.2. The minimum atomic E-state index is -0.511. The lowest BCUT2D eigenvalue weighted by Crippen LogP contribution is -2.41. The quantitative estimate of drug-likeness (QED) is 0.575. The molecule has 2 rings (SSSR count). The molecule has 0 spiro atoms. The molecule has 2 N–H and O–H groups in total. The van der Waals surface area contributed by atoms with Gasteiger partial charge in [0, 0.05) is 22.1 Å². The van der Waals surface area contributed by atoms with Crippen LogP contribution >= 0.6 is 35.0 Å². The molecule has 0 radical (unpaired) electrons. The highest BCUT2D eigenvalue weighted by Crippen LogP contribution is 2.22. The van der Waals surface area contributed by atoms with Crippen molar-refractivity contribution in [1.82, 2.24) is 10.9 Å². The third kappa shape index (κ3) is 5.96. The van der Waals surface area contributed by atoms with Crippen LogP contribution in [0.4, 0.5) is 0 Å². The van der Waals surface area contributed by atoms with Gasteiger partial charge in [0.1, 0.15) is 0 Å². The van der Waals surface area contributed by atoms with Crippen molar-refractivity contribution in [1.29, 1.82) is 0 Å². The molecule has 132 valence electrons. The zero-order valence-electron chi connectivity index (χ0n) is 13.9. The second-order valence-corrected chi connectivity index (χ2v) is 7.48. The molecule has 0 aliphatic heterocycles. The molecule has 0 aliphatic rings. The average molecular weight is 397 g/mol. The number of amides is 2. The summed E-state index contributed by atoms with van der Waals surface area (Å²) in [4.78, 5) is 25.0. The standard InChI is InChI=1S/C18H18Cl2N2O2S/c1-11-3-5-14(9-12(11)2)25-8-7-17(23)21-22-18(24)15-10-13(19)4-6-16(15)20/h3-6,9-10H,7-8H2,1-2H3,(H,21,23)(H,22,24). The van der Waals surface area contributed by atoms with Crippen molar-refractivity contribution in [2.24, 2.45) is 0 Å². The summed E-state index contributed by atoms with van der Waals surface area (Å²) in [5.74, 6) is -0.173. The first-order valence-corrected chi connectivity index (χ1v) is 9.35. The highest BCUT2D eigenvalue weighted by Gasteiger charge is 2.12. The van der Waals surface area contributed by atoms with Crippen LogP contribution in [-0.4, -0.2) is 17.6 Å². The van der Waals surface area contributed by atoms with E-state index < -0.39 is 5.91 Å². The molecule has 0 unspecified atom stereocenters. The van der Waals surface area contributed by atoms with Crippen LogP contribution in [0.5, 0.6) is 0 Å². The Labute approximate surface area is 161 Å². The Morgan fingerprint density at radius 2 is 1.76 bits per heavy atom. The van der Waals surface area contributed by atoms with Gasteiger partial charge in [0.05, 0.1) is 10.6 Å². The Balaban J connectivity index is 1.77. The van der Waals surface area contributed by atoms with Crippen LogP contribution in [0, 0.1) is 13.8 Å². The molecule has 0 saturated heterocycles. The molecule has 0 aliphatic carbocycles. The second-order valence-electron chi connectivity index (χ2n) is 5.47. The summed E-state index contributed by atoms with van der Waals surface area (Å²) < 4.78 is 0. The molecule has 4 nitrogen and oxygen atoms in total. The average Bonchev–Trinajstić information content (AvgIpc) is 2.58. The zero-order chi connectivity index (χ0) is 18.4. The van der Waals surface area contributed by atoms with Crippen LogP contribution < -0.4 is 10.9 Å². The first-order chi connectivity index (χ1) is 11.9. The van der Waals surface area contributed by atoms with Gasteiger partial charge in [0.15, 0.2) is 0 Å². The summed E-state index contributed by atoms with van der Waals surface area (Å²) in [6.45, 7) is 4.12. The van der Waals surface area contributed by atoms with Crippen LogP contribution in [0.3, 0.4) is 0 Å². The maximum Gasteiger partial charge on any atom is 0.271 e. The Morgan fingerprint density at radius 1 is 1.00 bits per heavy atom. The monoisotopic (exact) mass is 396 g/mol. The van der Waals surface area contributed by atoms with Gasteiger partial charge in [0.25, 0.3) is 5.91 Å². The van der Waals surface area contributed by atoms with E-state index in [2.05, 4.69) is 36.8 Å². The van der Waals surface area contributed by atoms with E-state index in [1.165, 1.54) is 23.3 Å². The fourth-order valence-electron chi connectivity index (χ4n) is 1.99. The summed E-state index contributed by atoms with van der Waals surface area (Å²) in [6.07, 6.45) is 0.279. The van der Waals surface area contributed by atoms with Gasteiger partial charge in [-0.05, 0) is 55.3 Å². The lowest BCUT2D eigenvalue weighted by atomic mass is 10.1.